The summed E-state index contributed by atoms with van der Waals surface area (Å²) in [6.45, 7) is 2.71. The first-order valence-electron chi connectivity index (χ1n) is 10.5. The van der Waals surface area contributed by atoms with Crippen molar-refractivity contribution in [3.63, 3.8) is 0 Å². The largest absolute Gasteiger partial charge is 0.338 e. The van der Waals surface area contributed by atoms with Crippen molar-refractivity contribution in [2.45, 2.75) is 19.8 Å². The lowest BCUT2D eigenvalue weighted by Gasteiger charge is -2.13. The number of carbonyl (C=O) groups excluding carboxylic acids is 1. The number of anilines is 1. The number of urea groups is 1. The third-order valence-electron chi connectivity index (χ3n) is 5.10. The Morgan fingerprint density at radius 1 is 0.935 bits per heavy atom. The molecule has 5 heteroatoms. The van der Waals surface area contributed by atoms with Gasteiger partial charge in [0, 0.05) is 34.3 Å². The Labute approximate surface area is 181 Å². The van der Waals surface area contributed by atoms with Gasteiger partial charge in [0.1, 0.15) is 5.82 Å². The second-order valence-electron chi connectivity index (χ2n) is 7.37. The van der Waals surface area contributed by atoms with Gasteiger partial charge in [-0.3, -0.25) is 0 Å². The molecule has 0 aliphatic rings. The highest BCUT2D eigenvalue weighted by atomic mass is 19.1. The van der Waals surface area contributed by atoms with Crippen LogP contribution < -0.4 is 10.6 Å². The number of aromatic nitrogens is 1. The Balaban J connectivity index is 1.77. The van der Waals surface area contributed by atoms with E-state index in [0.29, 0.717) is 23.4 Å². The van der Waals surface area contributed by atoms with E-state index in [-0.39, 0.29) is 11.8 Å². The maximum atomic E-state index is 14.7. The Hall–Kier alpha value is -3.73. The molecule has 0 atom stereocenters. The normalized spacial score (nSPS) is 10.8. The molecule has 156 valence electrons. The number of nitrogens with zero attached hydrogens (tertiary/aromatic N) is 1. The van der Waals surface area contributed by atoms with Gasteiger partial charge >= 0.3 is 6.03 Å². The number of hydrogen-bond donors (Lipinski definition) is 2. The lowest BCUT2D eigenvalue weighted by atomic mass is 9.97. The minimum Gasteiger partial charge on any atom is -0.338 e. The fourth-order valence-electron chi connectivity index (χ4n) is 3.51. The number of halogens is 1. The molecule has 0 spiro atoms. The summed E-state index contributed by atoms with van der Waals surface area (Å²) < 4.78 is 14.7. The third-order valence-corrected chi connectivity index (χ3v) is 5.10. The molecule has 4 rings (SSSR count). The zero-order valence-electron chi connectivity index (χ0n) is 17.4. The molecule has 0 saturated carbocycles. The SMILES string of the molecule is CCCCNC(=O)Nc1ccc2nc(-c3ccccc3)c(-c3ccccc3F)cc2c1. The first-order valence-corrected chi connectivity index (χ1v) is 10.5. The van der Waals surface area contributed by atoms with Crippen LogP contribution in [-0.2, 0) is 0 Å². The summed E-state index contributed by atoms with van der Waals surface area (Å²) in [4.78, 5) is 17.0. The highest BCUT2D eigenvalue weighted by molar-refractivity contribution is 5.96. The maximum absolute atomic E-state index is 14.7. The minimum absolute atomic E-state index is 0.240. The van der Waals surface area contributed by atoms with Gasteiger partial charge in [0.15, 0.2) is 0 Å². The van der Waals surface area contributed by atoms with Crippen molar-refractivity contribution >= 4 is 22.6 Å². The van der Waals surface area contributed by atoms with E-state index in [2.05, 4.69) is 17.6 Å². The van der Waals surface area contributed by atoms with Crippen LogP contribution in [0.4, 0.5) is 14.9 Å². The van der Waals surface area contributed by atoms with Crippen molar-refractivity contribution < 1.29 is 9.18 Å². The summed E-state index contributed by atoms with van der Waals surface area (Å²) in [6, 6.07) is 23.7. The Bertz CT molecular complexity index is 1210. The van der Waals surface area contributed by atoms with Crippen molar-refractivity contribution in [3.05, 3.63) is 84.7 Å². The fourth-order valence-corrected chi connectivity index (χ4v) is 3.51. The van der Waals surface area contributed by atoms with Crippen molar-refractivity contribution in [3.8, 4) is 22.4 Å². The summed E-state index contributed by atoms with van der Waals surface area (Å²) in [6.07, 6.45) is 1.95. The summed E-state index contributed by atoms with van der Waals surface area (Å²) in [7, 11) is 0. The smallest absolute Gasteiger partial charge is 0.319 e. The molecule has 0 aliphatic carbocycles. The summed E-state index contributed by atoms with van der Waals surface area (Å²) in [5.41, 5.74) is 4.27. The third kappa shape index (κ3) is 4.72. The first-order chi connectivity index (χ1) is 15.2. The number of benzene rings is 3. The molecule has 0 radical (unpaired) electrons. The van der Waals surface area contributed by atoms with Gasteiger partial charge in [-0.15, -0.1) is 0 Å². The quantitative estimate of drug-likeness (QED) is 0.349. The number of pyridine rings is 1. The van der Waals surface area contributed by atoms with Crippen molar-refractivity contribution in [2.24, 2.45) is 0 Å². The van der Waals surface area contributed by atoms with Crippen LogP contribution in [0, 0.1) is 5.82 Å². The van der Waals surface area contributed by atoms with E-state index in [1.54, 1.807) is 12.1 Å². The molecule has 0 fully saturated rings. The molecule has 1 heterocycles. The van der Waals surface area contributed by atoms with E-state index < -0.39 is 0 Å². The highest BCUT2D eigenvalue weighted by Gasteiger charge is 2.14. The highest BCUT2D eigenvalue weighted by Crippen LogP contribution is 2.35. The molecule has 4 nitrogen and oxygen atoms in total. The average Bonchev–Trinajstić information content (AvgIpc) is 2.79. The zero-order valence-corrected chi connectivity index (χ0v) is 17.4. The van der Waals surface area contributed by atoms with Gasteiger partial charge in [-0.25, -0.2) is 14.2 Å². The molecular weight excluding hydrogens is 389 g/mol. The number of fused-ring (bicyclic) bond motifs is 1. The van der Waals surface area contributed by atoms with Gasteiger partial charge in [-0.1, -0.05) is 61.9 Å². The summed E-state index contributed by atoms with van der Waals surface area (Å²) in [5, 5.41) is 6.52. The molecule has 3 aromatic carbocycles. The van der Waals surface area contributed by atoms with Crippen LogP contribution in [-0.4, -0.2) is 17.6 Å². The number of unbranched alkanes of at least 4 members (excludes halogenated alkanes) is 1. The molecule has 0 saturated heterocycles. The standard InChI is InChI=1S/C26H24FN3O/c1-2-3-15-28-26(31)29-20-13-14-24-19(16-20)17-22(21-11-7-8-12-23(21)27)25(30-24)18-9-5-4-6-10-18/h4-14,16-17H,2-3,15H2,1H3,(H2,28,29,31). The van der Waals surface area contributed by atoms with E-state index >= 15 is 0 Å². The van der Waals surface area contributed by atoms with Crippen LogP contribution in [0.15, 0.2) is 78.9 Å². The Kier molecular flexibility index (Phi) is 6.22. The molecule has 0 bridgehead atoms. The van der Waals surface area contributed by atoms with Crippen LogP contribution in [0.2, 0.25) is 0 Å². The van der Waals surface area contributed by atoms with Gasteiger partial charge < -0.3 is 10.6 Å². The predicted octanol–water partition coefficient (Wildman–Crippen LogP) is 6.63. The second kappa shape index (κ2) is 9.39. The lowest BCUT2D eigenvalue weighted by molar-refractivity contribution is 0.252. The van der Waals surface area contributed by atoms with Gasteiger partial charge in [-0.2, -0.15) is 0 Å². The van der Waals surface area contributed by atoms with Gasteiger partial charge in [0.2, 0.25) is 0 Å². The van der Waals surface area contributed by atoms with Crippen LogP contribution in [0.25, 0.3) is 33.3 Å². The van der Waals surface area contributed by atoms with E-state index in [1.807, 2.05) is 60.7 Å². The number of amides is 2. The molecule has 2 amide bonds. The molecule has 0 unspecified atom stereocenters. The lowest BCUT2D eigenvalue weighted by Crippen LogP contribution is -2.29. The van der Waals surface area contributed by atoms with E-state index in [9.17, 15) is 9.18 Å². The fraction of sp³-hybridized carbons (Fsp3) is 0.154. The van der Waals surface area contributed by atoms with E-state index in [1.165, 1.54) is 6.07 Å². The van der Waals surface area contributed by atoms with Crippen LogP contribution in [0.5, 0.6) is 0 Å². The topological polar surface area (TPSA) is 54.0 Å². The number of rotatable bonds is 6. The van der Waals surface area contributed by atoms with E-state index in [0.717, 1.165) is 35.0 Å². The van der Waals surface area contributed by atoms with Gasteiger partial charge in [0.25, 0.3) is 0 Å². The van der Waals surface area contributed by atoms with Gasteiger partial charge in [-0.05, 0) is 36.8 Å². The predicted molar refractivity (Wildman–Crippen MR) is 125 cm³/mol. The van der Waals surface area contributed by atoms with Crippen molar-refractivity contribution in [1.82, 2.24) is 10.3 Å². The molecule has 31 heavy (non-hydrogen) atoms. The summed E-state index contributed by atoms with van der Waals surface area (Å²) in [5.74, 6) is -0.301. The number of hydrogen-bond acceptors (Lipinski definition) is 2. The molecule has 2 N–H and O–H groups in total. The van der Waals surface area contributed by atoms with Crippen LogP contribution in [0.3, 0.4) is 0 Å². The van der Waals surface area contributed by atoms with Crippen molar-refractivity contribution in [2.75, 3.05) is 11.9 Å². The average molecular weight is 413 g/mol. The summed E-state index contributed by atoms with van der Waals surface area (Å²) >= 11 is 0. The molecular formula is C26H24FN3O. The Morgan fingerprint density at radius 2 is 1.71 bits per heavy atom. The van der Waals surface area contributed by atoms with Crippen LogP contribution in [0.1, 0.15) is 19.8 Å². The zero-order chi connectivity index (χ0) is 21.6. The molecule has 0 aliphatic heterocycles. The maximum Gasteiger partial charge on any atom is 0.319 e. The molecule has 1 aromatic heterocycles. The first kappa shape index (κ1) is 20.5. The monoisotopic (exact) mass is 413 g/mol. The Morgan fingerprint density at radius 3 is 2.48 bits per heavy atom. The van der Waals surface area contributed by atoms with Crippen molar-refractivity contribution in [1.29, 1.82) is 0 Å². The number of carbonyl (C=O) groups is 1. The second-order valence-corrected chi connectivity index (χ2v) is 7.37. The van der Waals surface area contributed by atoms with Gasteiger partial charge in [0.05, 0.1) is 11.2 Å². The molecule has 4 aromatic rings. The van der Waals surface area contributed by atoms with Crippen LogP contribution >= 0.6 is 0 Å². The number of nitrogens with one attached hydrogen (secondary N) is 2. The minimum atomic E-state index is -0.301. The van der Waals surface area contributed by atoms with E-state index in [4.69, 9.17) is 4.98 Å².